The van der Waals surface area contributed by atoms with Crippen molar-refractivity contribution in [1.82, 2.24) is 10.3 Å². The molecule has 3 rings (SSSR count). The van der Waals surface area contributed by atoms with Gasteiger partial charge in [0.05, 0.1) is 22.5 Å². The molecule has 0 spiro atoms. The molecule has 0 atom stereocenters. The molecule has 0 bridgehead atoms. The van der Waals surface area contributed by atoms with E-state index in [1.54, 1.807) is 0 Å². The Bertz CT molecular complexity index is 925. The van der Waals surface area contributed by atoms with Crippen molar-refractivity contribution in [2.45, 2.75) is 11.3 Å². The standard InChI is InChI=1S/C20H20N2O4S2/c1-14-5-4-6-15(11-14)25-10-9-21-18(23)12-26-19(24)13-27-20-22-16-7-2-3-8-17(16)28-20/h2-8,11H,9-10,12-13H2,1H3,(H,21,23). The molecule has 1 amide bonds. The van der Waals surface area contributed by atoms with E-state index in [0.29, 0.717) is 13.2 Å². The van der Waals surface area contributed by atoms with Gasteiger partial charge in [-0.1, -0.05) is 36.0 Å². The van der Waals surface area contributed by atoms with Crippen molar-refractivity contribution in [3.8, 4) is 5.75 Å². The summed E-state index contributed by atoms with van der Waals surface area (Å²) in [7, 11) is 0. The van der Waals surface area contributed by atoms with Crippen LogP contribution in [0.4, 0.5) is 0 Å². The summed E-state index contributed by atoms with van der Waals surface area (Å²) in [6, 6.07) is 15.5. The van der Waals surface area contributed by atoms with Crippen LogP contribution in [0, 0.1) is 6.92 Å². The van der Waals surface area contributed by atoms with E-state index in [1.165, 1.54) is 23.1 Å². The number of thiazole rings is 1. The first-order valence-corrected chi connectivity index (χ1v) is 10.5. The average molecular weight is 417 g/mol. The molecule has 1 N–H and O–H groups in total. The molecule has 0 aliphatic heterocycles. The van der Waals surface area contributed by atoms with E-state index in [9.17, 15) is 9.59 Å². The van der Waals surface area contributed by atoms with Crippen LogP contribution in [0.3, 0.4) is 0 Å². The van der Waals surface area contributed by atoms with Crippen LogP contribution < -0.4 is 10.1 Å². The van der Waals surface area contributed by atoms with E-state index in [4.69, 9.17) is 9.47 Å². The van der Waals surface area contributed by atoms with Gasteiger partial charge in [0, 0.05) is 0 Å². The van der Waals surface area contributed by atoms with Gasteiger partial charge in [0.25, 0.3) is 5.91 Å². The molecule has 8 heteroatoms. The lowest BCUT2D eigenvalue weighted by Gasteiger charge is -2.08. The molecule has 0 aliphatic carbocycles. The Balaban J connectivity index is 1.30. The van der Waals surface area contributed by atoms with Crippen molar-refractivity contribution in [3.05, 3.63) is 54.1 Å². The Morgan fingerprint density at radius 3 is 2.86 bits per heavy atom. The van der Waals surface area contributed by atoms with Crippen LogP contribution in [-0.2, 0) is 14.3 Å². The molecule has 0 unspecified atom stereocenters. The Hall–Kier alpha value is -2.58. The molecule has 3 aromatic rings. The van der Waals surface area contributed by atoms with Crippen LogP contribution >= 0.6 is 23.1 Å². The highest BCUT2D eigenvalue weighted by Crippen LogP contribution is 2.29. The van der Waals surface area contributed by atoms with Crippen LogP contribution in [0.25, 0.3) is 10.2 Å². The van der Waals surface area contributed by atoms with Crippen molar-refractivity contribution < 1.29 is 19.1 Å². The number of carbonyl (C=O) groups excluding carboxylic acids is 2. The summed E-state index contributed by atoms with van der Waals surface area (Å²) < 4.78 is 12.4. The van der Waals surface area contributed by atoms with E-state index in [2.05, 4.69) is 10.3 Å². The quantitative estimate of drug-likeness (QED) is 0.327. The first kappa shape index (κ1) is 20.2. The van der Waals surface area contributed by atoms with Crippen molar-refractivity contribution >= 4 is 45.2 Å². The molecule has 6 nitrogen and oxygen atoms in total. The number of hydrogen-bond donors (Lipinski definition) is 1. The SMILES string of the molecule is Cc1cccc(OCCNC(=O)COC(=O)CSc2nc3ccccc3s2)c1. The lowest BCUT2D eigenvalue weighted by molar-refractivity contribution is -0.145. The van der Waals surface area contributed by atoms with E-state index in [0.717, 1.165) is 25.9 Å². The number of para-hydroxylation sites is 1. The van der Waals surface area contributed by atoms with E-state index in [1.807, 2.05) is 55.5 Å². The molecule has 0 fully saturated rings. The van der Waals surface area contributed by atoms with Crippen LogP contribution in [0.5, 0.6) is 5.75 Å². The molecular weight excluding hydrogens is 396 g/mol. The molecule has 0 saturated heterocycles. The molecule has 146 valence electrons. The van der Waals surface area contributed by atoms with E-state index in [-0.39, 0.29) is 18.3 Å². The average Bonchev–Trinajstić information content (AvgIpc) is 3.11. The van der Waals surface area contributed by atoms with Gasteiger partial charge < -0.3 is 14.8 Å². The summed E-state index contributed by atoms with van der Waals surface area (Å²) in [5.74, 6) is 0.0676. The monoisotopic (exact) mass is 416 g/mol. The van der Waals surface area contributed by atoms with Gasteiger partial charge in [-0.15, -0.1) is 11.3 Å². The number of nitrogens with one attached hydrogen (secondary N) is 1. The van der Waals surface area contributed by atoms with Gasteiger partial charge in [0.2, 0.25) is 0 Å². The second-order valence-corrected chi connectivity index (χ2v) is 8.16. The fourth-order valence-electron chi connectivity index (χ4n) is 2.34. The maximum atomic E-state index is 11.8. The van der Waals surface area contributed by atoms with Gasteiger partial charge in [0.1, 0.15) is 12.4 Å². The minimum atomic E-state index is -0.449. The second-order valence-electron chi connectivity index (χ2n) is 5.91. The summed E-state index contributed by atoms with van der Waals surface area (Å²) in [6.07, 6.45) is 0. The fourth-order valence-corrected chi connectivity index (χ4v) is 4.20. The third-order valence-electron chi connectivity index (χ3n) is 3.63. The molecule has 0 saturated carbocycles. The molecular formula is C20H20N2O4S2. The number of nitrogens with zero attached hydrogens (tertiary/aromatic N) is 1. The maximum absolute atomic E-state index is 11.8. The molecule has 28 heavy (non-hydrogen) atoms. The summed E-state index contributed by atoms with van der Waals surface area (Å²) in [4.78, 5) is 28.0. The number of fused-ring (bicyclic) bond motifs is 1. The number of ether oxygens (including phenoxy) is 2. The van der Waals surface area contributed by atoms with Gasteiger partial charge in [-0.05, 0) is 36.8 Å². The largest absolute Gasteiger partial charge is 0.492 e. The first-order chi connectivity index (χ1) is 13.6. The number of aromatic nitrogens is 1. The lowest BCUT2D eigenvalue weighted by Crippen LogP contribution is -2.32. The lowest BCUT2D eigenvalue weighted by atomic mass is 10.2. The zero-order valence-corrected chi connectivity index (χ0v) is 17.0. The predicted octanol–water partition coefficient (Wildman–Crippen LogP) is 3.44. The van der Waals surface area contributed by atoms with Crippen LogP contribution in [0.2, 0.25) is 0 Å². The Kier molecular flexibility index (Phi) is 7.27. The van der Waals surface area contributed by atoms with Crippen molar-refractivity contribution in [1.29, 1.82) is 0 Å². The van der Waals surface area contributed by atoms with Crippen molar-refractivity contribution in [3.63, 3.8) is 0 Å². The van der Waals surface area contributed by atoms with Gasteiger partial charge in [-0.2, -0.15) is 0 Å². The Labute approximate surface area is 171 Å². The van der Waals surface area contributed by atoms with E-state index < -0.39 is 5.97 Å². The summed E-state index contributed by atoms with van der Waals surface area (Å²) in [5, 5.41) is 2.66. The summed E-state index contributed by atoms with van der Waals surface area (Å²) >= 11 is 2.83. The van der Waals surface area contributed by atoms with Crippen LogP contribution in [0.1, 0.15) is 5.56 Å². The highest BCUT2D eigenvalue weighted by atomic mass is 32.2. The number of carbonyl (C=O) groups is 2. The van der Waals surface area contributed by atoms with Crippen molar-refractivity contribution in [2.24, 2.45) is 0 Å². The molecule has 1 aromatic heterocycles. The highest BCUT2D eigenvalue weighted by Gasteiger charge is 2.10. The minimum absolute atomic E-state index is 0.115. The number of rotatable bonds is 9. The third-order valence-corrected chi connectivity index (χ3v) is 5.79. The van der Waals surface area contributed by atoms with Gasteiger partial charge in [0.15, 0.2) is 10.9 Å². The number of amides is 1. The van der Waals surface area contributed by atoms with Gasteiger partial charge in [-0.25, -0.2) is 4.98 Å². The number of benzene rings is 2. The summed E-state index contributed by atoms with van der Waals surface area (Å²) in [6.45, 7) is 2.36. The Morgan fingerprint density at radius 1 is 1.18 bits per heavy atom. The number of aryl methyl sites for hydroxylation is 1. The highest BCUT2D eigenvalue weighted by molar-refractivity contribution is 8.01. The second kappa shape index (κ2) is 10.1. The summed E-state index contributed by atoms with van der Waals surface area (Å²) in [5.41, 5.74) is 2.02. The topological polar surface area (TPSA) is 77.5 Å². The van der Waals surface area contributed by atoms with Crippen molar-refractivity contribution in [2.75, 3.05) is 25.5 Å². The van der Waals surface area contributed by atoms with Gasteiger partial charge in [-0.3, -0.25) is 9.59 Å². The Morgan fingerprint density at radius 2 is 2.04 bits per heavy atom. The maximum Gasteiger partial charge on any atom is 0.316 e. The van der Waals surface area contributed by atoms with E-state index >= 15 is 0 Å². The fraction of sp³-hybridized carbons (Fsp3) is 0.250. The first-order valence-electron chi connectivity index (χ1n) is 8.70. The van der Waals surface area contributed by atoms with Crippen LogP contribution in [0.15, 0.2) is 52.9 Å². The number of hydrogen-bond acceptors (Lipinski definition) is 7. The molecule has 1 heterocycles. The predicted molar refractivity (Wildman–Crippen MR) is 111 cm³/mol. The third kappa shape index (κ3) is 6.24. The zero-order valence-electron chi connectivity index (χ0n) is 15.3. The van der Waals surface area contributed by atoms with Gasteiger partial charge >= 0.3 is 5.97 Å². The minimum Gasteiger partial charge on any atom is -0.492 e. The van der Waals surface area contributed by atoms with Crippen LogP contribution in [-0.4, -0.2) is 42.4 Å². The smallest absolute Gasteiger partial charge is 0.316 e. The molecule has 2 aromatic carbocycles. The number of esters is 1. The zero-order chi connectivity index (χ0) is 19.8. The normalized spacial score (nSPS) is 10.6. The molecule has 0 aliphatic rings. The molecule has 0 radical (unpaired) electrons. The number of thioether (sulfide) groups is 1.